The fraction of sp³-hybridized carbons (Fsp3) is 0.0625. The van der Waals surface area contributed by atoms with Crippen LogP contribution in [0.25, 0.3) is 11.3 Å². The lowest BCUT2D eigenvalue weighted by Gasteiger charge is -2.06. The zero-order valence-electron chi connectivity index (χ0n) is 10.9. The van der Waals surface area contributed by atoms with Crippen LogP contribution in [0.2, 0.25) is 0 Å². The van der Waals surface area contributed by atoms with Crippen LogP contribution in [-0.2, 0) is 6.54 Å². The Labute approximate surface area is 117 Å². The Balaban J connectivity index is 1.81. The van der Waals surface area contributed by atoms with Crippen LogP contribution in [0, 0.1) is 0 Å². The van der Waals surface area contributed by atoms with Crippen LogP contribution in [-0.4, -0.2) is 9.97 Å². The second-order valence-electron chi connectivity index (χ2n) is 4.37. The average molecular weight is 265 g/mol. The summed E-state index contributed by atoms with van der Waals surface area (Å²) in [5, 5.41) is 0. The summed E-state index contributed by atoms with van der Waals surface area (Å²) in [5.74, 6) is 1.62. The lowest BCUT2D eigenvalue weighted by atomic mass is 10.1. The highest BCUT2D eigenvalue weighted by atomic mass is 16.5. The number of nitrogens with one attached hydrogen (secondary N) is 1. The number of nitrogens with zero attached hydrogens (tertiary/aromatic N) is 1. The minimum absolute atomic E-state index is 0.442. The second-order valence-corrected chi connectivity index (χ2v) is 4.37. The lowest BCUT2D eigenvalue weighted by Crippen LogP contribution is -1.98. The molecule has 0 unspecified atom stereocenters. The monoisotopic (exact) mass is 265 g/mol. The molecule has 3 rings (SSSR count). The normalized spacial score (nSPS) is 10.4. The zero-order valence-corrected chi connectivity index (χ0v) is 10.9. The van der Waals surface area contributed by atoms with Gasteiger partial charge >= 0.3 is 0 Å². The van der Waals surface area contributed by atoms with Crippen LogP contribution in [0.1, 0.15) is 5.69 Å². The molecule has 0 fully saturated rings. The second kappa shape index (κ2) is 5.59. The van der Waals surface area contributed by atoms with Gasteiger partial charge in [0, 0.05) is 12.1 Å². The van der Waals surface area contributed by atoms with Gasteiger partial charge in [-0.1, -0.05) is 18.2 Å². The number of para-hydroxylation sites is 1. The molecule has 0 spiro atoms. The molecular formula is C16H15N3O. The molecule has 3 aromatic rings. The number of benzene rings is 2. The van der Waals surface area contributed by atoms with Crippen LogP contribution in [0.4, 0.5) is 0 Å². The highest BCUT2D eigenvalue weighted by Gasteiger charge is 2.07. The van der Waals surface area contributed by atoms with Gasteiger partial charge in [-0.2, -0.15) is 0 Å². The van der Waals surface area contributed by atoms with Gasteiger partial charge in [-0.3, -0.25) is 0 Å². The quantitative estimate of drug-likeness (QED) is 0.760. The smallest absolute Gasteiger partial charge is 0.127 e. The Kier molecular flexibility index (Phi) is 3.48. The molecule has 0 bridgehead atoms. The van der Waals surface area contributed by atoms with Crippen molar-refractivity contribution in [3.8, 4) is 22.8 Å². The first-order valence-corrected chi connectivity index (χ1v) is 6.42. The molecule has 0 saturated heterocycles. The molecule has 4 heteroatoms. The Morgan fingerprint density at radius 3 is 2.35 bits per heavy atom. The zero-order chi connectivity index (χ0) is 13.8. The Bertz CT molecular complexity index is 674. The van der Waals surface area contributed by atoms with Gasteiger partial charge < -0.3 is 15.5 Å². The molecule has 0 aliphatic carbocycles. The predicted molar refractivity (Wildman–Crippen MR) is 78.4 cm³/mol. The number of H-pyrrole nitrogens is 1. The maximum atomic E-state index is 5.75. The third kappa shape index (κ3) is 2.55. The van der Waals surface area contributed by atoms with Crippen LogP contribution in [0.3, 0.4) is 0 Å². The van der Waals surface area contributed by atoms with Crippen molar-refractivity contribution in [1.29, 1.82) is 0 Å². The van der Waals surface area contributed by atoms with Gasteiger partial charge in [-0.05, 0) is 36.4 Å². The molecule has 0 aliphatic heterocycles. The first kappa shape index (κ1) is 12.4. The van der Waals surface area contributed by atoms with Crippen molar-refractivity contribution in [3.63, 3.8) is 0 Å². The minimum Gasteiger partial charge on any atom is -0.457 e. The van der Waals surface area contributed by atoms with E-state index < -0.39 is 0 Å². The van der Waals surface area contributed by atoms with E-state index in [-0.39, 0.29) is 0 Å². The maximum Gasteiger partial charge on any atom is 0.127 e. The predicted octanol–water partition coefficient (Wildman–Crippen LogP) is 3.33. The van der Waals surface area contributed by atoms with Gasteiger partial charge in [0.1, 0.15) is 11.5 Å². The molecule has 0 atom stereocenters. The number of hydrogen-bond donors (Lipinski definition) is 2. The third-order valence-electron chi connectivity index (χ3n) is 3.03. The van der Waals surface area contributed by atoms with Crippen molar-refractivity contribution in [2.45, 2.75) is 6.54 Å². The van der Waals surface area contributed by atoms with Gasteiger partial charge in [-0.15, -0.1) is 0 Å². The molecule has 0 radical (unpaired) electrons. The summed E-state index contributed by atoms with van der Waals surface area (Å²) < 4.78 is 5.75. The van der Waals surface area contributed by atoms with Gasteiger partial charge in [0.05, 0.1) is 17.7 Å². The van der Waals surface area contributed by atoms with E-state index in [4.69, 9.17) is 10.5 Å². The molecular weight excluding hydrogens is 250 g/mol. The summed E-state index contributed by atoms with van der Waals surface area (Å²) >= 11 is 0. The first-order valence-electron chi connectivity index (χ1n) is 6.42. The fourth-order valence-corrected chi connectivity index (χ4v) is 2.03. The van der Waals surface area contributed by atoms with Crippen LogP contribution in [0.5, 0.6) is 11.5 Å². The number of aromatic amines is 1. The van der Waals surface area contributed by atoms with E-state index in [2.05, 4.69) is 9.97 Å². The average Bonchev–Trinajstić information content (AvgIpc) is 2.98. The van der Waals surface area contributed by atoms with E-state index in [0.717, 1.165) is 28.5 Å². The molecule has 4 nitrogen and oxygen atoms in total. The SMILES string of the molecule is NCc1[nH]cnc1-c1ccc(Oc2ccccc2)cc1. The molecule has 20 heavy (non-hydrogen) atoms. The van der Waals surface area contributed by atoms with E-state index in [0.29, 0.717) is 6.54 Å². The summed E-state index contributed by atoms with van der Waals surface area (Å²) in [6.07, 6.45) is 1.66. The van der Waals surface area contributed by atoms with Gasteiger partial charge in [-0.25, -0.2) is 4.98 Å². The van der Waals surface area contributed by atoms with Crippen LogP contribution >= 0.6 is 0 Å². The number of aromatic nitrogens is 2. The van der Waals surface area contributed by atoms with Crippen molar-refractivity contribution in [2.24, 2.45) is 5.73 Å². The third-order valence-corrected chi connectivity index (χ3v) is 3.03. The largest absolute Gasteiger partial charge is 0.457 e. The number of hydrogen-bond acceptors (Lipinski definition) is 3. The number of rotatable bonds is 4. The van der Waals surface area contributed by atoms with E-state index >= 15 is 0 Å². The molecule has 0 aliphatic rings. The minimum atomic E-state index is 0.442. The van der Waals surface area contributed by atoms with Crippen molar-refractivity contribution >= 4 is 0 Å². The molecule has 1 aromatic heterocycles. The number of nitrogens with two attached hydrogens (primary N) is 1. The molecule has 3 N–H and O–H groups in total. The Morgan fingerprint density at radius 2 is 1.65 bits per heavy atom. The van der Waals surface area contributed by atoms with Gasteiger partial charge in [0.2, 0.25) is 0 Å². The molecule has 100 valence electrons. The lowest BCUT2D eigenvalue weighted by molar-refractivity contribution is 0.483. The molecule has 0 saturated carbocycles. The van der Waals surface area contributed by atoms with E-state index in [1.165, 1.54) is 0 Å². The number of ether oxygens (including phenoxy) is 1. The van der Waals surface area contributed by atoms with Crippen molar-refractivity contribution in [2.75, 3.05) is 0 Å². The van der Waals surface area contributed by atoms with E-state index in [9.17, 15) is 0 Å². The molecule has 1 heterocycles. The van der Waals surface area contributed by atoms with Crippen molar-refractivity contribution < 1.29 is 4.74 Å². The molecule has 2 aromatic carbocycles. The van der Waals surface area contributed by atoms with Crippen molar-refractivity contribution in [3.05, 3.63) is 66.6 Å². The summed E-state index contributed by atoms with van der Waals surface area (Å²) in [6, 6.07) is 17.5. The standard InChI is InChI=1S/C16H15N3O/c17-10-15-16(19-11-18-15)12-6-8-14(9-7-12)20-13-4-2-1-3-5-13/h1-9,11H,10,17H2,(H,18,19). The Hall–Kier alpha value is -2.59. The topological polar surface area (TPSA) is 63.9 Å². The summed E-state index contributed by atoms with van der Waals surface area (Å²) in [6.45, 7) is 0.442. The summed E-state index contributed by atoms with van der Waals surface area (Å²) in [4.78, 5) is 7.34. The summed E-state index contributed by atoms with van der Waals surface area (Å²) in [7, 11) is 0. The van der Waals surface area contributed by atoms with Crippen molar-refractivity contribution in [1.82, 2.24) is 9.97 Å². The maximum absolute atomic E-state index is 5.75. The van der Waals surface area contributed by atoms with Crippen LogP contribution in [0.15, 0.2) is 60.9 Å². The molecule has 0 amide bonds. The fourth-order valence-electron chi connectivity index (χ4n) is 2.03. The highest BCUT2D eigenvalue weighted by Crippen LogP contribution is 2.25. The summed E-state index contributed by atoms with van der Waals surface area (Å²) in [5.41, 5.74) is 8.51. The van der Waals surface area contributed by atoms with Gasteiger partial charge in [0.25, 0.3) is 0 Å². The Morgan fingerprint density at radius 1 is 0.950 bits per heavy atom. The first-order chi connectivity index (χ1) is 9.86. The highest BCUT2D eigenvalue weighted by molar-refractivity contribution is 5.62. The van der Waals surface area contributed by atoms with E-state index in [1.807, 2.05) is 54.6 Å². The number of imidazole rings is 1. The van der Waals surface area contributed by atoms with Crippen LogP contribution < -0.4 is 10.5 Å². The van der Waals surface area contributed by atoms with E-state index in [1.54, 1.807) is 6.33 Å². The van der Waals surface area contributed by atoms with Gasteiger partial charge in [0.15, 0.2) is 0 Å².